The summed E-state index contributed by atoms with van der Waals surface area (Å²) in [6.07, 6.45) is 0.531. The Morgan fingerprint density at radius 1 is 1.30 bits per heavy atom. The minimum absolute atomic E-state index is 0.531. The Labute approximate surface area is 128 Å². The normalized spacial score (nSPS) is 11.2. The molecule has 6 heteroatoms. The summed E-state index contributed by atoms with van der Waals surface area (Å²) >= 11 is 12.0. The largest absolute Gasteiger partial charge is 0.338 e. The summed E-state index contributed by atoms with van der Waals surface area (Å²) in [4.78, 5) is 4.33. The van der Waals surface area contributed by atoms with Gasteiger partial charge in [0.1, 0.15) is 0 Å². The molecule has 0 spiro atoms. The Morgan fingerprint density at radius 3 is 2.80 bits per heavy atom. The number of nitrogens with one attached hydrogen (secondary N) is 1. The van der Waals surface area contributed by atoms with Crippen molar-refractivity contribution in [1.29, 1.82) is 0 Å². The first-order valence-electron chi connectivity index (χ1n) is 6.50. The first kappa shape index (κ1) is 15.3. The summed E-state index contributed by atoms with van der Waals surface area (Å²) in [5.74, 6) is 1.80. The molecule has 0 saturated heterocycles. The van der Waals surface area contributed by atoms with Gasteiger partial charge in [-0.1, -0.05) is 48.3 Å². The van der Waals surface area contributed by atoms with Crippen LogP contribution in [0.25, 0.3) is 0 Å². The summed E-state index contributed by atoms with van der Waals surface area (Å²) in [6.45, 7) is 5.80. The van der Waals surface area contributed by atoms with Crippen molar-refractivity contribution in [1.82, 2.24) is 15.5 Å². The van der Waals surface area contributed by atoms with Crippen LogP contribution in [-0.2, 0) is 13.0 Å². The number of hydrogen-bond acceptors (Lipinski definition) is 4. The Morgan fingerprint density at radius 2 is 2.10 bits per heavy atom. The summed E-state index contributed by atoms with van der Waals surface area (Å²) in [7, 11) is 0. The van der Waals surface area contributed by atoms with E-state index in [9.17, 15) is 0 Å². The van der Waals surface area contributed by atoms with E-state index in [1.54, 1.807) is 12.1 Å². The zero-order valence-electron chi connectivity index (χ0n) is 11.5. The van der Waals surface area contributed by atoms with Gasteiger partial charge in [-0.25, -0.2) is 0 Å². The van der Waals surface area contributed by atoms with Gasteiger partial charge in [0.05, 0.1) is 6.54 Å². The molecule has 0 fully saturated rings. The lowest BCUT2D eigenvalue weighted by Crippen LogP contribution is -2.19. The maximum atomic E-state index is 6.12. The molecule has 4 nitrogen and oxygen atoms in total. The van der Waals surface area contributed by atoms with Gasteiger partial charge in [0.15, 0.2) is 5.82 Å². The number of hydrogen-bond donors (Lipinski definition) is 1. The number of rotatable bonds is 6. The zero-order valence-corrected chi connectivity index (χ0v) is 13.0. The molecule has 0 amide bonds. The highest BCUT2D eigenvalue weighted by molar-refractivity contribution is 6.35. The van der Waals surface area contributed by atoms with E-state index in [1.165, 1.54) is 0 Å². The highest BCUT2D eigenvalue weighted by atomic mass is 35.5. The summed E-state index contributed by atoms with van der Waals surface area (Å²) < 4.78 is 5.19. The highest BCUT2D eigenvalue weighted by Gasteiger charge is 2.09. The molecule has 1 aromatic heterocycles. The fraction of sp³-hybridized carbons (Fsp3) is 0.429. The quantitative estimate of drug-likeness (QED) is 0.883. The van der Waals surface area contributed by atoms with Crippen LogP contribution in [0.3, 0.4) is 0 Å². The van der Waals surface area contributed by atoms with Crippen molar-refractivity contribution in [3.63, 3.8) is 0 Å². The molecule has 0 bridgehead atoms. The Balaban J connectivity index is 1.95. The van der Waals surface area contributed by atoms with Crippen molar-refractivity contribution in [2.45, 2.75) is 26.8 Å². The molecule has 1 heterocycles. The third-order valence-corrected chi connectivity index (χ3v) is 3.29. The van der Waals surface area contributed by atoms with Crippen LogP contribution in [-0.4, -0.2) is 16.7 Å². The van der Waals surface area contributed by atoms with Crippen LogP contribution < -0.4 is 5.32 Å². The van der Waals surface area contributed by atoms with Crippen LogP contribution in [0.4, 0.5) is 0 Å². The van der Waals surface area contributed by atoms with E-state index in [2.05, 4.69) is 29.3 Å². The zero-order chi connectivity index (χ0) is 14.5. The maximum Gasteiger partial charge on any atom is 0.240 e. The molecule has 0 aliphatic rings. The van der Waals surface area contributed by atoms with Crippen molar-refractivity contribution in [2.24, 2.45) is 5.92 Å². The topological polar surface area (TPSA) is 51.0 Å². The lowest BCUT2D eigenvalue weighted by Gasteiger charge is -2.03. The maximum absolute atomic E-state index is 6.12. The van der Waals surface area contributed by atoms with Gasteiger partial charge in [-0.05, 0) is 30.2 Å². The fourth-order valence-corrected chi connectivity index (χ4v) is 2.21. The van der Waals surface area contributed by atoms with E-state index in [-0.39, 0.29) is 0 Å². The van der Waals surface area contributed by atoms with Gasteiger partial charge in [0.25, 0.3) is 0 Å². The molecule has 0 atom stereocenters. The van der Waals surface area contributed by atoms with E-state index in [4.69, 9.17) is 27.7 Å². The number of halogens is 2. The predicted molar refractivity (Wildman–Crippen MR) is 80.1 cm³/mol. The molecule has 0 aliphatic carbocycles. The van der Waals surface area contributed by atoms with E-state index >= 15 is 0 Å². The number of nitrogens with zero attached hydrogens (tertiary/aromatic N) is 2. The Bertz CT molecular complexity index is 569. The summed E-state index contributed by atoms with van der Waals surface area (Å²) in [5.41, 5.74) is 0.929. The SMILES string of the molecule is CC(C)CNCc1nc(Cc2ccc(Cl)cc2Cl)no1. The lowest BCUT2D eigenvalue weighted by atomic mass is 10.1. The third kappa shape index (κ3) is 4.47. The Hall–Kier alpha value is -1.10. The molecule has 0 radical (unpaired) electrons. The van der Waals surface area contributed by atoms with Gasteiger partial charge in [-0.3, -0.25) is 0 Å². The van der Waals surface area contributed by atoms with Crippen molar-refractivity contribution in [3.8, 4) is 0 Å². The molecule has 2 aromatic rings. The highest BCUT2D eigenvalue weighted by Crippen LogP contribution is 2.22. The van der Waals surface area contributed by atoms with E-state index < -0.39 is 0 Å². The fourth-order valence-electron chi connectivity index (χ4n) is 1.74. The van der Waals surface area contributed by atoms with Gasteiger partial charge in [0.2, 0.25) is 5.89 Å². The van der Waals surface area contributed by atoms with Crippen LogP contribution in [0.15, 0.2) is 22.7 Å². The molecule has 1 aromatic carbocycles. The summed E-state index contributed by atoms with van der Waals surface area (Å²) in [5, 5.41) is 8.44. The molecular formula is C14H17Cl2N3O. The van der Waals surface area contributed by atoms with Crippen LogP contribution in [0.5, 0.6) is 0 Å². The average molecular weight is 314 g/mol. The van der Waals surface area contributed by atoms with Crippen LogP contribution in [0.1, 0.15) is 31.1 Å². The molecule has 0 unspecified atom stereocenters. The smallest absolute Gasteiger partial charge is 0.240 e. The van der Waals surface area contributed by atoms with Crippen molar-refractivity contribution in [3.05, 3.63) is 45.5 Å². The van der Waals surface area contributed by atoms with E-state index in [0.717, 1.165) is 12.1 Å². The molecule has 0 saturated carbocycles. The van der Waals surface area contributed by atoms with Crippen LogP contribution in [0.2, 0.25) is 10.0 Å². The van der Waals surface area contributed by atoms with Crippen LogP contribution in [0, 0.1) is 5.92 Å². The predicted octanol–water partition coefficient (Wildman–Crippen LogP) is 3.71. The van der Waals surface area contributed by atoms with E-state index in [0.29, 0.717) is 40.6 Å². The molecule has 1 N–H and O–H groups in total. The van der Waals surface area contributed by atoms with Crippen molar-refractivity contribution in [2.75, 3.05) is 6.54 Å². The van der Waals surface area contributed by atoms with E-state index in [1.807, 2.05) is 6.07 Å². The number of aromatic nitrogens is 2. The Kier molecular flexibility index (Phi) is 5.40. The van der Waals surface area contributed by atoms with Gasteiger partial charge in [-0.15, -0.1) is 0 Å². The second-order valence-electron chi connectivity index (χ2n) is 5.04. The van der Waals surface area contributed by atoms with Gasteiger partial charge in [0, 0.05) is 16.5 Å². The molecule has 2 rings (SSSR count). The second-order valence-corrected chi connectivity index (χ2v) is 5.89. The van der Waals surface area contributed by atoms with Gasteiger partial charge in [-0.2, -0.15) is 4.98 Å². The first-order valence-corrected chi connectivity index (χ1v) is 7.26. The standard InChI is InChI=1S/C14H17Cl2N3O/c1-9(2)7-17-8-14-18-13(19-20-14)5-10-3-4-11(15)6-12(10)16/h3-4,6,9,17H,5,7-8H2,1-2H3. The van der Waals surface area contributed by atoms with Gasteiger partial charge < -0.3 is 9.84 Å². The molecule has 0 aliphatic heterocycles. The third-order valence-electron chi connectivity index (χ3n) is 2.70. The van der Waals surface area contributed by atoms with Gasteiger partial charge >= 0.3 is 0 Å². The second kappa shape index (κ2) is 7.07. The molecule has 108 valence electrons. The monoisotopic (exact) mass is 313 g/mol. The lowest BCUT2D eigenvalue weighted by molar-refractivity contribution is 0.360. The minimum atomic E-state index is 0.531. The molecule has 20 heavy (non-hydrogen) atoms. The number of benzene rings is 1. The average Bonchev–Trinajstić information content (AvgIpc) is 2.80. The van der Waals surface area contributed by atoms with Crippen molar-refractivity contribution < 1.29 is 4.52 Å². The summed E-state index contributed by atoms with van der Waals surface area (Å²) in [6, 6.07) is 5.38. The molecular weight excluding hydrogens is 297 g/mol. The van der Waals surface area contributed by atoms with Crippen molar-refractivity contribution >= 4 is 23.2 Å². The van der Waals surface area contributed by atoms with Crippen LogP contribution >= 0.6 is 23.2 Å². The minimum Gasteiger partial charge on any atom is -0.338 e. The first-order chi connectivity index (χ1) is 9.54.